The van der Waals surface area contributed by atoms with Gasteiger partial charge >= 0.3 is 0 Å². The zero-order valence-corrected chi connectivity index (χ0v) is 15.1. The first kappa shape index (κ1) is 18.4. The van der Waals surface area contributed by atoms with Crippen LogP contribution in [0.15, 0.2) is 52.7 Å². The third kappa shape index (κ3) is 4.52. The van der Waals surface area contributed by atoms with Crippen molar-refractivity contribution in [2.45, 2.75) is 64.2 Å². The van der Waals surface area contributed by atoms with E-state index >= 15 is 0 Å². The second-order valence-electron chi connectivity index (χ2n) is 7.05. The maximum Gasteiger partial charge on any atom is 0.145 e. The van der Waals surface area contributed by atoms with Crippen LogP contribution in [0.1, 0.15) is 47.0 Å². The Morgan fingerprint density at radius 2 is 2.04 bits per heavy atom. The van der Waals surface area contributed by atoms with Gasteiger partial charge in [0.25, 0.3) is 0 Å². The van der Waals surface area contributed by atoms with Gasteiger partial charge in [0.2, 0.25) is 0 Å². The summed E-state index contributed by atoms with van der Waals surface area (Å²) in [7, 11) is 0. The molecule has 0 saturated heterocycles. The van der Waals surface area contributed by atoms with E-state index in [2.05, 4.69) is 49.2 Å². The lowest BCUT2D eigenvalue weighted by atomic mass is 9.73. The third-order valence-electron chi connectivity index (χ3n) is 4.68. The molecule has 0 radical (unpaired) electrons. The Balaban J connectivity index is 2.18. The Kier molecular flexibility index (Phi) is 5.90. The summed E-state index contributed by atoms with van der Waals surface area (Å²) in [5.74, 6) is 0.258. The molecule has 0 aromatic heterocycles. The molecule has 0 fully saturated rings. The summed E-state index contributed by atoms with van der Waals surface area (Å²) in [5, 5.41) is 18.4. The number of azo groups is 1. The second kappa shape index (κ2) is 7.72. The average molecular weight is 325 g/mol. The van der Waals surface area contributed by atoms with E-state index in [0.717, 1.165) is 18.5 Å². The molecular weight excluding hydrogens is 298 g/mol. The van der Waals surface area contributed by atoms with Gasteiger partial charge in [-0.2, -0.15) is 15.5 Å². The summed E-state index contributed by atoms with van der Waals surface area (Å²) >= 11 is 0. The fourth-order valence-electron chi connectivity index (χ4n) is 3.10. The van der Waals surface area contributed by atoms with E-state index in [1.54, 1.807) is 0 Å². The molecule has 4 atom stereocenters. The number of hydrogen-bond donors (Lipinski definition) is 0. The average Bonchev–Trinajstić information content (AvgIpc) is 2.57. The lowest BCUT2D eigenvalue weighted by Crippen LogP contribution is -2.45. The van der Waals surface area contributed by atoms with Crippen molar-refractivity contribution >= 4 is 5.69 Å². The van der Waals surface area contributed by atoms with E-state index < -0.39 is 5.60 Å². The maximum atomic E-state index is 9.30. The molecule has 0 amide bonds. The molecule has 0 bridgehead atoms. The molecule has 1 aromatic rings. The largest absolute Gasteiger partial charge is 0.353 e. The fraction of sp³-hybridized carbons (Fsp3) is 0.550. The van der Waals surface area contributed by atoms with Crippen LogP contribution in [0, 0.1) is 17.2 Å². The van der Waals surface area contributed by atoms with Crippen molar-refractivity contribution in [2.75, 3.05) is 0 Å². The number of rotatable bonds is 6. The molecule has 2 rings (SSSR count). The van der Waals surface area contributed by atoms with Crippen molar-refractivity contribution in [3.8, 4) is 6.07 Å². The van der Waals surface area contributed by atoms with Gasteiger partial charge in [0, 0.05) is 12.3 Å². The van der Waals surface area contributed by atoms with Gasteiger partial charge in [-0.3, -0.25) is 0 Å². The van der Waals surface area contributed by atoms with E-state index in [1.165, 1.54) is 0 Å². The van der Waals surface area contributed by atoms with Crippen LogP contribution in [-0.2, 0) is 4.74 Å². The highest BCUT2D eigenvalue weighted by atomic mass is 16.5. The Morgan fingerprint density at radius 3 is 2.67 bits per heavy atom. The quantitative estimate of drug-likeness (QED) is 0.505. The van der Waals surface area contributed by atoms with E-state index in [1.807, 2.05) is 37.3 Å². The van der Waals surface area contributed by atoms with Gasteiger partial charge in [-0.05, 0) is 32.4 Å². The van der Waals surface area contributed by atoms with Crippen LogP contribution in [0.25, 0.3) is 0 Å². The lowest BCUT2D eigenvalue weighted by molar-refractivity contribution is -0.0545. The minimum absolute atomic E-state index is 0.258. The summed E-state index contributed by atoms with van der Waals surface area (Å²) in [6.07, 6.45) is 6.21. The van der Waals surface area contributed by atoms with Crippen molar-refractivity contribution in [2.24, 2.45) is 16.1 Å². The van der Waals surface area contributed by atoms with Crippen LogP contribution in [-0.4, -0.2) is 17.2 Å². The van der Waals surface area contributed by atoms with E-state index in [-0.39, 0.29) is 17.6 Å². The van der Waals surface area contributed by atoms with Crippen LogP contribution in [0.3, 0.4) is 0 Å². The standard InChI is InChI=1S/C20H27N3O/c1-5-9-18(14-21)24-19(3)13-12-16(2)20(4,15-19)23-22-17-10-7-6-8-11-17/h6-8,10-13,16,18H,5,9,15H2,1-4H3. The molecular formula is C20H27N3O. The summed E-state index contributed by atoms with van der Waals surface area (Å²) < 4.78 is 6.11. The molecule has 4 unspecified atom stereocenters. The summed E-state index contributed by atoms with van der Waals surface area (Å²) in [6, 6.07) is 12.0. The number of nitriles is 1. The Labute approximate surface area is 145 Å². The number of benzene rings is 1. The molecule has 1 aromatic carbocycles. The zero-order valence-electron chi connectivity index (χ0n) is 15.1. The number of ether oxygens (including phenoxy) is 1. The smallest absolute Gasteiger partial charge is 0.145 e. The first-order valence-corrected chi connectivity index (χ1v) is 8.65. The topological polar surface area (TPSA) is 57.7 Å². The predicted octanol–water partition coefficient (Wildman–Crippen LogP) is 5.59. The van der Waals surface area contributed by atoms with Crippen molar-refractivity contribution in [1.29, 1.82) is 5.26 Å². The Hall–Kier alpha value is -1.99. The van der Waals surface area contributed by atoms with Crippen molar-refractivity contribution in [1.82, 2.24) is 0 Å². The van der Waals surface area contributed by atoms with E-state index in [0.29, 0.717) is 6.42 Å². The molecule has 0 aliphatic heterocycles. The second-order valence-corrected chi connectivity index (χ2v) is 7.05. The first-order chi connectivity index (χ1) is 11.4. The van der Waals surface area contributed by atoms with Gasteiger partial charge in [0.1, 0.15) is 6.10 Å². The molecule has 4 heteroatoms. The van der Waals surface area contributed by atoms with Crippen LogP contribution in [0.4, 0.5) is 5.69 Å². The van der Waals surface area contributed by atoms with Crippen LogP contribution < -0.4 is 0 Å². The molecule has 0 N–H and O–H groups in total. The van der Waals surface area contributed by atoms with Crippen LogP contribution >= 0.6 is 0 Å². The zero-order chi connectivity index (χ0) is 17.6. The highest BCUT2D eigenvalue weighted by molar-refractivity contribution is 5.35. The fourth-order valence-corrected chi connectivity index (χ4v) is 3.10. The summed E-state index contributed by atoms with van der Waals surface area (Å²) in [4.78, 5) is 0. The monoisotopic (exact) mass is 325 g/mol. The lowest BCUT2D eigenvalue weighted by Gasteiger charge is -2.42. The van der Waals surface area contributed by atoms with Gasteiger partial charge < -0.3 is 4.74 Å². The third-order valence-corrected chi connectivity index (χ3v) is 4.68. The summed E-state index contributed by atoms with van der Waals surface area (Å²) in [6.45, 7) is 8.35. The molecule has 0 spiro atoms. The van der Waals surface area contributed by atoms with Crippen LogP contribution in [0.2, 0.25) is 0 Å². The number of hydrogen-bond acceptors (Lipinski definition) is 4. The summed E-state index contributed by atoms with van der Waals surface area (Å²) in [5.41, 5.74) is 0.00180. The molecule has 1 aliphatic carbocycles. The van der Waals surface area contributed by atoms with Crippen molar-refractivity contribution in [3.63, 3.8) is 0 Å². The van der Waals surface area contributed by atoms with E-state index in [4.69, 9.17) is 4.74 Å². The normalized spacial score (nSPS) is 31.0. The van der Waals surface area contributed by atoms with Crippen molar-refractivity contribution in [3.05, 3.63) is 42.5 Å². The van der Waals surface area contributed by atoms with E-state index in [9.17, 15) is 5.26 Å². The molecule has 0 saturated carbocycles. The number of nitrogens with zero attached hydrogens (tertiary/aromatic N) is 3. The molecule has 0 heterocycles. The van der Waals surface area contributed by atoms with Gasteiger partial charge in [-0.15, -0.1) is 0 Å². The minimum Gasteiger partial charge on any atom is -0.353 e. The first-order valence-electron chi connectivity index (χ1n) is 8.65. The molecule has 1 aliphatic rings. The van der Waals surface area contributed by atoms with Gasteiger partial charge in [0.15, 0.2) is 0 Å². The van der Waals surface area contributed by atoms with Gasteiger partial charge in [0.05, 0.1) is 22.9 Å². The predicted molar refractivity (Wildman–Crippen MR) is 96.1 cm³/mol. The minimum atomic E-state index is -0.494. The Morgan fingerprint density at radius 1 is 1.33 bits per heavy atom. The Bertz CT molecular complexity index is 634. The maximum absolute atomic E-state index is 9.30. The van der Waals surface area contributed by atoms with Gasteiger partial charge in [-0.25, -0.2) is 0 Å². The van der Waals surface area contributed by atoms with Crippen molar-refractivity contribution < 1.29 is 4.74 Å². The highest BCUT2D eigenvalue weighted by Gasteiger charge is 2.42. The van der Waals surface area contributed by atoms with Gasteiger partial charge in [-0.1, -0.05) is 50.6 Å². The van der Waals surface area contributed by atoms with Crippen LogP contribution in [0.5, 0.6) is 0 Å². The molecule has 24 heavy (non-hydrogen) atoms. The SMILES string of the molecule is CCCC(C#N)OC1(C)C=CC(C)C(C)(N=Nc2ccccc2)C1. The highest BCUT2D eigenvalue weighted by Crippen LogP contribution is 2.40. The molecule has 128 valence electrons. The molecule has 4 nitrogen and oxygen atoms in total.